The van der Waals surface area contributed by atoms with Crippen molar-refractivity contribution >= 4 is 18.7 Å². The van der Waals surface area contributed by atoms with Crippen molar-refractivity contribution in [3.05, 3.63) is 132 Å². The van der Waals surface area contributed by atoms with Crippen molar-refractivity contribution in [1.82, 2.24) is 0 Å². The molecule has 5 heteroatoms. The molecule has 0 heterocycles. The first-order valence-electron chi connectivity index (χ1n) is 14.0. The maximum atomic E-state index is 12.0. The van der Waals surface area contributed by atoms with Gasteiger partial charge in [0.15, 0.2) is 0 Å². The minimum Gasteiger partial charge on any atom is -0.404 e. The second-order valence-corrected chi connectivity index (χ2v) is 15.9. The van der Waals surface area contributed by atoms with Crippen LogP contribution in [0.4, 0.5) is 0 Å². The molecule has 0 unspecified atom stereocenters. The van der Waals surface area contributed by atoms with Crippen molar-refractivity contribution in [3.63, 3.8) is 0 Å². The SMILES string of the molecule is CC(C)(C)[Si](OC[C@@](C)(O)[C@H](COCc1ccccc1)OCc1ccccc1)(c1ccccc1)c1ccccc1. The van der Waals surface area contributed by atoms with E-state index in [2.05, 4.69) is 69.3 Å². The molecule has 210 valence electrons. The van der Waals surface area contributed by atoms with Crippen molar-refractivity contribution in [1.29, 1.82) is 0 Å². The van der Waals surface area contributed by atoms with Gasteiger partial charge >= 0.3 is 0 Å². The van der Waals surface area contributed by atoms with E-state index in [9.17, 15) is 5.11 Å². The largest absolute Gasteiger partial charge is 0.404 e. The van der Waals surface area contributed by atoms with E-state index in [1.165, 1.54) is 10.4 Å². The lowest BCUT2D eigenvalue weighted by molar-refractivity contribution is -0.150. The minimum atomic E-state index is -2.83. The summed E-state index contributed by atoms with van der Waals surface area (Å²) in [5, 5.41) is 14.1. The zero-order valence-corrected chi connectivity index (χ0v) is 25.1. The van der Waals surface area contributed by atoms with Crippen LogP contribution in [0.1, 0.15) is 38.8 Å². The van der Waals surface area contributed by atoms with Gasteiger partial charge in [-0.1, -0.05) is 142 Å². The van der Waals surface area contributed by atoms with Crippen LogP contribution >= 0.6 is 0 Å². The third-order valence-corrected chi connectivity index (χ3v) is 12.3. The van der Waals surface area contributed by atoms with Gasteiger partial charge in [-0.15, -0.1) is 0 Å². The van der Waals surface area contributed by atoms with E-state index in [1.54, 1.807) is 6.92 Å². The van der Waals surface area contributed by atoms with Crippen molar-refractivity contribution in [3.8, 4) is 0 Å². The molecular weight excluding hydrogens is 512 g/mol. The highest BCUT2D eigenvalue weighted by atomic mass is 28.4. The average Bonchev–Trinajstić information content (AvgIpc) is 2.96. The molecule has 0 aromatic heterocycles. The Morgan fingerprint density at radius 3 is 1.50 bits per heavy atom. The minimum absolute atomic E-state index is 0.106. The molecule has 2 atom stereocenters. The van der Waals surface area contributed by atoms with Crippen LogP contribution in [-0.4, -0.2) is 38.3 Å². The lowest BCUT2D eigenvalue weighted by atomic mass is 10.0. The second kappa shape index (κ2) is 13.5. The highest BCUT2D eigenvalue weighted by Gasteiger charge is 2.51. The van der Waals surface area contributed by atoms with Crippen molar-refractivity contribution in [2.45, 2.75) is 57.7 Å². The van der Waals surface area contributed by atoms with Crippen LogP contribution in [0.5, 0.6) is 0 Å². The summed E-state index contributed by atoms with van der Waals surface area (Å²) in [6.45, 7) is 9.66. The first-order valence-corrected chi connectivity index (χ1v) is 15.9. The van der Waals surface area contributed by atoms with Gasteiger partial charge in [0.2, 0.25) is 0 Å². The molecule has 0 bridgehead atoms. The highest BCUT2D eigenvalue weighted by molar-refractivity contribution is 6.99. The topological polar surface area (TPSA) is 47.9 Å². The van der Waals surface area contributed by atoms with Crippen LogP contribution in [0.2, 0.25) is 5.04 Å². The zero-order valence-electron chi connectivity index (χ0n) is 24.1. The predicted molar refractivity (Wildman–Crippen MR) is 165 cm³/mol. The number of hydrogen-bond acceptors (Lipinski definition) is 4. The fourth-order valence-electron chi connectivity index (χ4n) is 5.15. The smallest absolute Gasteiger partial charge is 0.261 e. The van der Waals surface area contributed by atoms with Crippen LogP contribution in [0.25, 0.3) is 0 Å². The summed E-state index contributed by atoms with van der Waals surface area (Å²) >= 11 is 0. The standard InChI is InChI=1S/C35H42O4Si/c1-34(2,3)40(31-21-13-7-14-22-31,32-23-15-8-16-24-32)39-28-35(4,36)33(38-26-30-19-11-6-12-20-30)27-37-25-29-17-9-5-10-18-29/h5-24,33,36H,25-28H2,1-4H3/t33-,35+/m0/s1. The molecule has 0 fully saturated rings. The summed E-state index contributed by atoms with van der Waals surface area (Å²) in [5.41, 5.74) is 0.810. The monoisotopic (exact) mass is 554 g/mol. The molecule has 0 saturated carbocycles. The van der Waals surface area contributed by atoms with E-state index in [4.69, 9.17) is 13.9 Å². The fraction of sp³-hybridized carbons (Fsp3) is 0.314. The average molecular weight is 555 g/mol. The summed E-state index contributed by atoms with van der Waals surface area (Å²) in [6, 6.07) is 41.0. The lowest BCUT2D eigenvalue weighted by Crippen LogP contribution is -2.68. The quantitative estimate of drug-likeness (QED) is 0.203. The van der Waals surface area contributed by atoms with Crippen molar-refractivity contribution in [2.24, 2.45) is 0 Å². The molecule has 4 nitrogen and oxygen atoms in total. The molecule has 0 spiro atoms. The highest BCUT2D eigenvalue weighted by Crippen LogP contribution is 2.37. The molecular formula is C35H42O4Si. The normalized spacial score (nSPS) is 14.4. The molecule has 1 N–H and O–H groups in total. The first-order chi connectivity index (χ1) is 19.2. The molecule has 0 saturated heterocycles. The Labute approximate surface area is 240 Å². The molecule has 4 rings (SSSR count). The Bertz CT molecular complexity index is 1230. The van der Waals surface area contributed by atoms with Gasteiger partial charge in [0.1, 0.15) is 11.7 Å². The molecule has 0 aliphatic heterocycles. The zero-order chi connectivity index (χ0) is 28.5. The van der Waals surface area contributed by atoms with Crippen LogP contribution < -0.4 is 10.4 Å². The third-order valence-electron chi connectivity index (χ3n) is 7.37. The molecule has 0 amide bonds. The summed E-state index contributed by atoms with van der Waals surface area (Å²) < 4.78 is 19.5. The van der Waals surface area contributed by atoms with Gasteiger partial charge in [0.25, 0.3) is 8.32 Å². The number of aliphatic hydroxyl groups is 1. The van der Waals surface area contributed by atoms with Gasteiger partial charge in [-0.2, -0.15) is 0 Å². The Balaban J connectivity index is 1.60. The predicted octanol–water partition coefficient (Wildman–Crippen LogP) is 6.12. The molecule has 4 aromatic carbocycles. The summed E-state index contributed by atoms with van der Waals surface area (Å²) in [4.78, 5) is 0. The maximum absolute atomic E-state index is 12.0. The van der Waals surface area contributed by atoms with Crippen LogP contribution in [0.3, 0.4) is 0 Å². The summed E-state index contributed by atoms with van der Waals surface area (Å²) in [7, 11) is -2.83. The first kappa shape index (κ1) is 29.9. The van der Waals surface area contributed by atoms with E-state index >= 15 is 0 Å². The van der Waals surface area contributed by atoms with E-state index in [0.717, 1.165) is 11.1 Å². The van der Waals surface area contributed by atoms with E-state index in [-0.39, 0.29) is 18.3 Å². The van der Waals surface area contributed by atoms with Crippen LogP contribution in [0.15, 0.2) is 121 Å². The number of rotatable bonds is 13. The van der Waals surface area contributed by atoms with E-state index in [1.807, 2.05) is 72.8 Å². The molecule has 0 aliphatic rings. The van der Waals surface area contributed by atoms with E-state index in [0.29, 0.717) is 13.2 Å². The fourth-order valence-corrected chi connectivity index (χ4v) is 9.81. The van der Waals surface area contributed by atoms with Crippen LogP contribution in [0, 0.1) is 0 Å². The van der Waals surface area contributed by atoms with Gasteiger partial charge in [-0.25, -0.2) is 0 Å². The summed E-state index contributed by atoms with van der Waals surface area (Å²) in [5.74, 6) is 0. The molecule has 40 heavy (non-hydrogen) atoms. The molecule has 0 radical (unpaired) electrons. The Morgan fingerprint density at radius 1 is 0.625 bits per heavy atom. The lowest BCUT2D eigenvalue weighted by Gasteiger charge is -2.45. The number of hydrogen-bond donors (Lipinski definition) is 1. The molecule has 4 aromatic rings. The van der Waals surface area contributed by atoms with E-state index < -0.39 is 20.0 Å². The Kier molecular flexibility index (Phi) is 10.1. The second-order valence-electron chi connectivity index (χ2n) is 11.6. The van der Waals surface area contributed by atoms with Gasteiger partial charge < -0.3 is 19.0 Å². The van der Waals surface area contributed by atoms with Gasteiger partial charge in [-0.05, 0) is 33.5 Å². The molecule has 0 aliphatic carbocycles. The number of benzene rings is 4. The van der Waals surface area contributed by atoms with Crippen molar-refractivity contribution < 1.29 is 19.0 Å². The van der Waals surface area contributed by atoms with Crippen molar-refractivity contribution in [2.75, 3.05) is 13.2 Å². The Hall–Kier alpha value is -3.06. The van der Waals surface area contributed by atoms with Gasteiger partial charge in [0, 0.05) is 0 Å². The van der Waals surface area contributed by atoms with Gasteiger partial charge in [0.05, 0.1) is 26.4 Å². The maximum Gasteiger partial charge on any atom is 0.261 e. The third kappa shape index (κ3) is 7.36. The Morgan fingerprint density at radius 2 is 1.05 bits per heavy atom. The van der Waals surface area contributed by atoms with Gasteiger partial charge in [-0.3, -0.25) is 0 Å². The van der Waals surface area contributed by atoms with Crippen LogP contribution in [-0.2, 0) is 27.1 Å². The number of ether oxygens (including phenoxy) is 2. The summed E-state index contributed by atoms with van der Waals surface area (Å²) in [6.07, 6.45) is -0.602.